The number of nitrogens with one attached hydrogen (secondary N) is 1. The molecule has 6 heteroatoms. The number of rotatable bonds is 2. The number of amides is 3. The fourth-order valence-corrected chi connectivity index (χ4v) is 1.97. The molecule has 19 heavy (non-hydrogen) atoms. The standard InChI is InChI=1S/C13H14N2O4/c1-7-8(4-3-5-10(7)16)12(18)14-9-6-11(17)15(2)13(9)19/h3-5,9,16H,6H2,1-2H3,(H,14,18). The average Bonchev–Trinajstić information content (AvgIpc) is 2.60. The lowest BCUT2D eigenvalue weighted by Gasteiger charge is -2.12. The number of phenolic OH excluding ortho intramolecular Hbond substituents is 1. The van der Waals surface area contributed by atoms with Gasteiger partial charge >= 0.3 is 0 Å². The van der Waals surface area contributed by atoms with Crippen molar-refractivity contribution in [3.63, 3.8) is 0 Å². The number of hydrogen-bond donors (Lipinski definition) is 2. The number of likely N-dealkylation sites (tertiary alicyclic amines) is 1. The van der Waals surface area contributed by atoms with E-state index in [1.54, 1.807) is 19.1 Å². The van der Waals surface area contributed by atoms with Gasteiger partial charge in [-0.1, -0.05) is 6.07 Å². The summed E-state index contributed by atoms with van der Waals surface area (Å²) in [7, 11) is 1.39. The molecule has 0 aromatic heterocycles. The fourth-order valence-electron chi connectivity index (χ4n) is 1.97. The molecule has 1 atom stereocenters. The number of phenols is 1. The highest BCUT2D eigenvalue weighted by molar-refractivity contribution is 6.08. The van der Waals surface area contributed by atoms with Crippen LogP contribution in [0.25, 0.3) is 0 Å². The number of benzene rings is 1. The van der Waals surface area contributed by atoms with Gasteiger partial charge in [-0.3, -0.25) is 19.3 Å². The van der Waals surface area contributed by atoms with Crippen LogP contribution in [0.5, 0.6) is 5.75 Å². The Bertz CT molecular complexity index is 568. The van der Waals surface area contributed by atoms with Gasteiger partial charge < -0.3 is 10.4 Å². The van der Waals surface area contributed by atoms with E-state index in [1.807, 2.05) is 0 Å². The minimum absolute atomic E-state index is 0.0126. The Morgan fingerprint density at radius 1 is 1.42 bits per heavy atom. The summed E-state index contributed by atoms with van der Waals surface area (Å²) in [6.07, 6.45) is -0.0288. The smallest absolute Gasteiger partial charge is 0.252 e. The van der Waals surface area contributed by atoms with Crippen LogP contribution in [0.3, 0.4) is 0 Å². The zero-order chi connectivity index (χ0) is 14.2. The number of nitrogens with zero attached hydrogens (tertiary/aromatic N) is 1. The molecular formula is C13H14N2O4. The molecular weight excluding hydrogens is 248 g/mol. The maximum absolute atomic E-state index is 12.0. The number of carbonyl (C=O) groups is 3. The van der Waals surface area contributed by atoms with Gasteiger partial charge in [0.2, 0.25) is 5.91 Å². The van der Waals surface area contributed by atoms with Crippen LogP contribution >= 0.6 is 0 Å². The highest BCUT2D eigenvalue weighted by atomic mass is 16.3. The van der Waals surface area contributed by atoms with Crippen molar-refractivity contribution in [2.24, 2.45) is 0 Å². The van der Waals surface area contributed by atoms with Crippen molar-refractivity contribution in [3.8, 4) is 5.75 Å². The van der Waals surface area contributed by atoms with Crippen molar-refractivity contribution in [3.05, 3.63) is 29.3 Å². The topological polar surface area (TPSA) is 86.7 Å². The summed E-state index contributed by atoms with van der Waals surface area (Å²) in [5.74, 6) is -1.20. The van der Waals surface area contributed by atoms with E-state index in [-0.39, 0.29) is 23.6 Å². The quantitative estimate of drug-likeness (QED) is 0.745. The van der Waals surface area contributed by atoms with Crippen LogP contribution < -0.4 is 5.32 Å². The molecule has 1 saturated heterocycles. The van der Waals surface area contributed by atoms with Crippen LogP contribution in [0.4, 0.5) is 0 Å². The summed E-state index contributed by atoms with van der Waals surface area (Å²) in [5.41, 5.74) is 0.722. The first-order valence-corrected chi connectivity index (χ1v) is 5.81. The van der Waals surface area contributed by atoms with Gasteiger partial charge in [-0.2, -0.15) is 0 Å². The van der Waals surface area contributed by atoms with E-state index < -0.39 is 17.9 Å². The molecule has 1 heterocycles. The third kappa shape index (κ3) is 2.29. The lowest BCUT2D eigenvalue weighted by molar-refractivity contribution is -0.137. The van der Waals surface area contributed by atoms with E-state index in [4.69, 9.17) is 0 Å². The van der Waals surface area contributed by atoms with E-state index in [1.165, 1.54) is 13.1 Å². The van der Waals surface area contributed by atoms with Gasteiger partial charge in [0.25, 0.3) is 11.8 Å². The minimum Gasteiger partial charge on any atom is -0.508 e. The first kappa shape index (κ1) is 13.1. The molecule has 1 aliphatic rings. The lowest BCUT2D eigenvalue weighted by atomic mass is 10.1. The molecule has 2 rings (SSSR count). The Morgan fingerprint density at radius 2 is 2.11 bits per heavy atom. The number of aromatic hydroxyl groups is 1. The number of hydrogen-bond acceptors (Lipinski definition) is 4. The normalized spacial score (nSPS) is 18.8. The van der Waals surface area contributed by atoms with E-state index in [0.717, 1.165) is 4.90 Å². The van der Waals surface area contributed by atoms with E-state index >= 15 is 0 Å². The third-order valence-electron chi connectivity index (χ3n) is 3.24. The monoisotopic (exact) mass is 262 g/mol. The van der Waals surface area contributed by atoms with Gasteiger partial charge in [0.05, 0.1) is 6.42 Å². The molecule has 0 radical (unpaired) electrons. The van der Waals surface area contributed by atoms with E-state index in [0.29, 0.717) is 5.56 Å². The molecule has 0 spiro atoms. The molecule has 1 fully saturated rings. The Balaban J connectivity index is 2.16. The Labute approximate surface area is 110 Å². The molecule has 1 aromatic carbocycles. The van der Waals surface area contributed by atoms with Gasteiger partial charge in [-0.25, -0.2) is 0 Å². The largest absolute Gasteiger partial charge is 0.508 e. The lowest BCUT2D eigenvalue weighted by Crippen LogP contribution is -2.40. The van der Waals surface area contributed by atoms with E-state index in [2.05, 4.69) is 5.32 Å². The number of likely N-dealkylation sites (N-methyl/N-ethyl adjacent to an activating group) is 1. The van der Waals surface area contributed by atoms with Crippen molar-refractivity contribution in [2.45, 2.75) is 19.4 Å². The van der Waals surface area contributed by atoms with Crippen LogP contribution in [0.15, 0.2) is 18.2 Å². The zero-order valence-corrected chi connectivity index (χ0v) is 10.6. The molecule has 100 valence electrons. The summed E-state index contributed by atoms with van der Waals surface area (Å²) >= 11 is 0. The second kappa shape index (κ2) is 4.72. The minimum atomic E-state index is -0.827. The molecule has 0 saturated carbocycles. The highest BCUT2D eigenvalue weighted by Crippen LogP contribution is 2.20. The maximum Gasteiger partial charge on any atom is 0.252 e. The molecule has 1 unspecified atom stereocenters. The van der Waals surface area contributed by atoms with Crippen molar-refractivity contribution in [2.75, 3.05) is 7.05 Å². The number of carbonyl (C=O) groups excluding carboxylic acids is 3. The van der Waals surface area contributed by atoms with Gasteiger partial charge in [-0.05, 0) is 19.1 Å². The predicted octanol–water partition coefficient (Wildman–Crippen LogP) is 0.188. The van der Waals surface area contributed by atoms with Gasteiger partial charge in [-0.15, -0.1) is 0 Å². The predicted molar refractivity (Wildman–Crippen MR) is 66.5 cm³/mol. The van der Waals surface area contributed by atoms with Crippen molar-refractivity contribution < 1.29 is 19.5 Å². The molecule has 1 aromatic rings. The highest BCUT2D eigenvalue weighted by Gasteiger charge is 2.37. The molecule has 2 N–H and O–H groups in total. The molecule has 6 nitrogen and oxygen atoms in total. The zero-order valence-electron chi connectivity index (χ0n) is 10.6. The Morgan fingerprint density at radius 3 is 2.68 bits per heavy atom. The summed E-state index contributed by atoms with van der Waals surface area (Å²) in [5, 5.41) is 12.0. The van der Waals surface area contributed by atoms with Crippen LogP contribution in [-0.4, -0.2) is 40.8 Å². The number of imide groups is 1. The summed E-state index contributed by atoms with van der Waals surface area (Å²) in [4.78, 5) is 36.1. The van der Waals surface area contributed by atoms with Crippen LogP contribution in [0, 0.1) is 6.92 Å². The first-order valence-electron chi connectivity index (χ1n) is 5.81. The summed E-state index contributed by atoms with van der Waals surface area (Å²) in [6.45, 7) is 1.61. The van der Waals surface area contributed by atoms with Crippen LogP contribution in [-0.2, 0) is 9.59 Å². The molecule has 3 amide bonds. The van der Waals surface area contributed by atoms with Gasteiger partial charge in [0.15, 0.2) is 0 Å². The first-order chi connectivity index (χ1) is 8.91. The summed E-state index contributed by atoms with van der Waals surface area (Å²) < 4.78 is 0. The Kier molecular flexibility index (Phi) is 3.25. The molecule has 0 aliphatic carbocycles. The van der Waals surface area contributed by atoms with Crippen molar-refractivity contribution in [1.82, 2.24) is 10.2 Å². The Hall–Kier alpha value is -2.37. The second-order valence-electron chi connectivity index (χ2n) is 4.47. The van der Waals surface area contributed by atoms with Crippen molar-refractivity contribution in [1.29, 1.82) is 0 Å². The molecule has 0 bridgehead atoms. The summed E-state index contributed by atoms with van der Waals surface area (Å²) in [6, 6.07) is 3.75. The SMILES string of the molecule is Cc1c(O)cccc1C(=O)NC1CC(=O)N(C)C1=O. The van der Waals surface area contributed by atoms with Gasteiger partial charge in [0.1, 0.15) is 11.8 Å². The van der Waals surface area contributed by atoms with Crippen LogP contribution in [0.1, 0.15) is 22.3 Å². The van der Waals surface area contributed by atoms with Crippen molar-refractivity contribution >= 4 is 17.7 Å². The van der Waals surface area contributed by atoms with E-state index in [9.17, 15) is 19.5 Å². The third-order valence-corrected chi connectivity index (χ3v) is 3.24. The van der Waals surface area contributed by atoms with Crippen LogP contribution in [0.2, 0.25) is 0 Å². The molecule has 1 aliphatic heterocycles. The maximum atomic E-state index is 12.0. The fraction of sp³-hybridized carbons (Fsp3) is 0.308. The second-order valence-corrected chi connectivity index (χ2v) is 4.47. The average molecular weight is 262 g/mol. The van der Waals surface area contributed by atoms with Gasteiger partial charge in [0, 0.05) is 18.2 Å².